The van der Waals surface area contributed by atoms with Gasteiger partial charge in [0.25, 0.3) is 0 Å². The Morgan fingerprint density at radius 3 is 2.90 bits per heavy atom. The molecule has 5 nitrogen and oxygen atoms in total. The number of pyridine rings is 1. The summed E-state index contributed by atoms with van der Waals surface area (Å²) in [7, 11) is 1.43. The van der Waals surface area contributed by atoms with Crippen molar-refractivity contribution in [1.29, 1.82) is 0 Å². The van der Waals surface area contributed by atoms with E-state index in [1.165, 1.54) is 13.2 Å². The normalized spacial score (nSPS) is 11.0. The van der Waals surface area contributed by atoms with Crippen molar-refractivity contribution in [2.45, 2.75) is 13.5 Å². The molecular weight excluding hydrogens is 271 g/mol. The predicted octanol–water partition coefficient (Wildman–Crippen LogP) is 2.52. The number of halogens is 1. The summed E-state index contributed by atoms with van der Waals surface area (Å²) in [5.41, 5.74) is 9.36. The number of aryl methyl sites for hydroxylation is 1. The molecule has 0 aliphatic carbocycles. The molecule has 6 heteroatoms. The molecule has 0 amide bonds. The van der Waals surface area contributed by atoms with Crippen molar-refractivity contribution in [3.8, 4) is 5.75 Å². The van der Waals surface area contributed by atoms with Gasteiger partial charge in [0.15, 0.2) is 11.6 Å². The third kappa shape index (κ3) is 2.29. The van der Waals surface area contributed by atoms with E-state index in [9.17, 15) is 4.39 Å². The minimum atomic E-state index is -0.449. The number of rotatable bonds is 3. The molecular formula is C15H15FN4O. The van der Waals surface area contributed by atoms with E-state index in [4.69, 9.17) is 10.5 Å². The highest BCUT2D eigenvalue weighted by Crippen LogP contribution is 2.27. The molecule has 2 N–H and O–H groups in total. The Hall–Kier alpha value is -2.63. The lowest BCUT2D eigenvalue weighted by Gasteiger charge is -2.09. The van der Waals surface area contributed by atoms with Crippen molar-refractivity contribution in [3.63, 3.8) is 0 Å². The van der Waals surface area contributed by atoms with Gasteiger partial charge < -0.3 is 15.0 Å². The number of ether oxygens (including phenoxy) is 1. The molecule has 21 heavy (non-hydrogen) atoms. The number of aromatic nitrogens is 3. The Kier molecular flexibility index (Phi) is 3.21. The molecule has 0 atom stereocenters. The van der Waals surface area contributed by atoms with Crippen molar-refractivity contribution in [2.75, 3.05) is 12.8 Å². The first-order valence-electron chi connectivity index (χ1n) is 6.49. The monoisotopic (exact) mass is 286 g/mol. The number of methoxy groups -OCH3 is 1. The van der Waals surface area contributed by atoms with Crippen LogP contribution in [0.25, 0.3) is 11.0 Å². The van der Waals surface area contributed by atoms with Crippen molar-refractivity contribution in [1.82, 2.24) is 14.5 Å². The standard InChI is InChI=1S/C15H15FN4O/c1-9-7-18-4-3-10(9)8-20-13-6-14(21-2)11(16)5-12(13)19-15(20)17/h3-7H,8H2,1-2H3,(H2,17,19). The summed E-state index contributed by atoms with van der Waals surface area (Å²) < 4.78 is 20.6. The van der Waals surface area contributed by atoms with Crippen molar-refractivity contribution in [2.24, 2.45) is 0 Å². The molecule has 2 heterocycles. The summed E-state index contributed by atoms with van der Waals surface area (Å²) in [6.07, 6.45) is 3.53. The van der Waals surface area contributed by atoms with Gasteiger partial charge in [-0.2, -0.15) is 0 Å². The van der Waals surface area contributed by atoms with Gasteiger partial charge in [-0.25, -0.2) is 9.37 Å². The molecule has 0 saturated heterocycles. The Bertz CT molecular complexity index is 813. The number of imidazole rings is 1. The van der Waals surface area contributed by atoms with E-state index in [-0.39, 0.29) is 5.75 Å². The Labute approximate surface area is 121 Å². The zero-order valence-electron chi connectivity index (χ0n) is 11.8. The lowest BCUT2D eigenvalue weighted by Crippen LogP contribution is -2.06. The minimum Gasteiger partial charge on any atom is -0.494 e. The zero-order valence-corrected chi connectivity index (χ0v) is 11.8. The van der Waals surface area contributed by atoms with Crippen LogP contribution >= 0.6 is 0 Å². The Morgan fingerprint density at radius 2 is 2.19 bits per heavy atom. The molecule has 0 radical (unpaired) electrons. The third-order valence-corrected chi connectivity index (χ3v) is 3.52. The number of hydrogen-bond acceptors (Lipinski definition) is 4. The van der Waals surface area contributed by atoms with E-state index in [1.54, 1.807) is 18.5 Å². The summed E-state index contributed by atoms with van der Waals surface area (Å²) >= 11 is 0. The lowest BCUT2D eigenvalue weighted by atomic mass is 10.1. The number of nitrogens with zero attached hydrogens (tertiary/aromatic N) is 3. The highest BCUT2D eigenvalue weighted by molar-refractivity contribution is 5.80. The summed E-state index contributed by atoms with van der Waals surface area (Å²) in [4.78, 5) is 8.28. The molecule has 3 rings (SSSR count). The maximum Gasteiger partial charge on any atom is 0.201 e. The van der Waals surface area contributed by atoms with Crippen molar-refractivity contribution < 1.29 is 9.13 Å². The lowest BCUT2D eigenvalue weighted by molar-refractivity contribution is 0.387. The van der Waals surface area contributed by atoms with Gasteiger partial charge in [-0.15, -0.1) is 0 Å². The van der Waals surface area contributed by atoms with E-state index in [0.29, 0.717) is 18.0 Å². The summed E-state index contributed by atoms with van der Waals surface area (Å²) in [5, 5.41) is 0. The second-order valence-electron chi connectivity index (χ2n) is 4.83. The van der Waals surface area contributed by atoms with Gasteiger partial charge in [-0.1, -0.05) is 0 Å². The SMILES string of the molecule is COc1cc2c(cc1F)nc(N)n2Cc1ccncc1C. The largest absolute Gasteiger partial charge is 0.494 e. The molecule has 108 valence electrons. The third-order valence-electron chi connectivity index (χ3n) is 3.52. The van der Waals surface area contributed by atoms with Crippen LogP contribution in [0.3, 0.4) is 0 Å². The van der Waals surface area contributed by atoms with Crippen LogP contribution in [0.4, 0.5) is 10.3 Å². The highest BCUT2D eigenvalue weighted by atomic mass is 19.1. The molecule has 1 aromatic carbocycles. The van der Waals surface area contributed by atoms with E-state index >= 15 is 0 Å². The smallest absolute Gasteiger partial charge is 0.201 e. The zero-order chi connectivity index (χ0) is 15.0. The van der Waals surface area contributed by atoms with Crippen molar-refractivity contribution in [3.05, 3.63) is 47.5 Å². The number of hydrogen-bond donors (Lipinski definition) is 1. The van der Waals surface area contributed by atoms with Crippen LogP contribution in [0.15, 0.2) is 30.6 Å². The van der Waals surface area contributed by atoms with Crippen molar-refractivity contribution >= 4 is 17.0 Å². The predicted molar refractivity (Wildman–Crippen MR) is 78.7 cm³/mol. The number of anilines is 1. The van der Waals surface area contributed by atoms with Crippen LogP contribution in [-0.4, -0.2) is 21.6 Å². The molecule has 0 spiro atoms. The van der Waals surface area contributed by atoms with Gasteiger partial charge in [-0.3, -0.25) is 4.98 Å². The molecule has 0 aliphatic heterocycles. The van der Waals surface area contributed by atoms with Gasteiger partial charge in [0, 0.05) is 24.5 Å². The van der Waals surface area contributed by atoms with Gasteiger partial charge in [-0.05, 0) is 24.1 Å². The quantitative estimate of drug-likeness (QED) is 0.803. The first-order chi connectivity index (χ1) is 10.1. The molecule has 0 fully saturated rings. The fraction of sp³-hybridized carbons (Fsp3) is 0.200. The van der Waals surface area contributed by atoms with Crippen LogP contribution in [-0.2, 0) is 6.54 Å². The summed E-state index contributed by atoms with van der Waals surface area (Å²) in [5.74, 6) is 0.0682. The molecule has 0 bridgehead atoms. The second kappa shape index (κ2) is 5.05. The van der Waals surface area contributed by atoms with Gasteiger partial charge >= 0.3 is 0 Å². The summed E-state index contributed by atoms with van der Waals surface area (Å²) in [6, 6.07) is 4.88. The fourth-order valence-electron chi connectivity index (χ4n) is 2.32. The average Bonchev–Trinajstić information content (AvgIpc) is 2.75. The average molecular weight is 286 g/mol. The van der Waals surface area contributed by atoms with E-state index in [2.05, 4.69) is 9.97 Å². The molecule has 0 aliphatic rings. The molecule has 2 aromatic heterocycles. The fourth-order valence-corrected chi connectivity index (χ4v) is 2.32. The van der Waals surface area contributed by atoms with Gasteiger partial charge in [0.05, 0.1) is 24.7 Å². The maximum atomic E-state index is 13.7. The van der Waals surface area contributed by atoms with E-state index in [1.807, 2.05) is 17.6 Å². The van der Waals surface area contributed by atoms with Crippen LogP contribution < -0.4 is 10.5 Å². The maximum absolute atomic E-state index is 13.7. The molecule has 0 saturated carbocycles. The van der Waals surface area contributed by atoms with E-state index in [0.717, 1.165) is 16.6 Å². The second-order valence-corrected chi connectivity index (χ2v) is 4.83. The first kappa shape index (κ1) is 13.4. The van der Waals surface area contributed by atoms with Gasteiger partial charge in [0.2, 0.25) is 5.95 Å². The molecule has 3 aromatic rings. The number of nitrogen functional groups attached to an aromatic ring is 1. The number of fused-ring (bicyclic) bond motifs is 1. The number of nitrogens with two attached hydrogens (primary N) is 1. The minimum absolute atomic E-state index is 0.176. The van der Waals surface area contributed by atoms with Crippen LogP contribution in [0, 0.1) is 12.7 Å². The van der Waals surface area contributed by atoms with E-state index < -0.39 is 5.82 Å². The Balaban J connectivity index is 2.14. The highest BCUT2D eigenvalue weighted by Gasteiger charge is 2.14. The van der Waals surface area contributed by atoms with Gasteiger partial charge in [0.1, 0.15) is 0 Å². The molecule has 0 unspecified atom stereocenters. The first-order valence-corrected chi connectivity index (χ1v) is 6.49. The van der Waals surface area contributed by atoms with Crippen LogP contribution in [0.1, 0.15) is 11.1 Å². The van der Waals surface area contributed by atoms with Crippen LogP contribution in [0.2, 0.25) is 0 Å². The van der Waals surface area contributed by atoms with Crippen LogP contribution in [0.5, 0.6) is 5.75 Å². The topological polar surface area (TPSA) is 66.0 Å². The number of benzene rings is 1. The summed E-state index contributed by atoms with van der Waals surface area (Å²) in [6.45, 7) is 2.53. The Morgan fingerprint density at radius 1 is 1.38 bits per heavy atom.